The Labute approximate surface area is 92.7 Å². The fourth-order valence-corrected chi connectivity index (χ4v) is 1.62. The second-order valence-electron chi connectivity index (χ2n) is 3.66. The van der Waals surface area contributed by atoms with Crippen LogP contribution in [0.15, 0.2) is 30.3 Å². The van der Waals surface area contributed by atoms with Gasteiger partial charge in [-0.05, 0) is 5.56 Å². The van der Waals surface area contributed by atoms with E-state index in [9.17, 15) is 9.59 Å². The molecule has 16 heavy (non-hydrogen) atoms. The summed E-state index contributed by atoms with van der Waals surface area (Å²) in [5.41, 5.74) is 0.879. The number of carbonyl (C=O) groups is 2. The van der Waals surface area contributed by atoms with Crippen LogP contribution in [0.1, 0.15) is 5.56 Å². The van der Waals surface area contributed by atoms with Crippen molar-refractivity contribution in [1.82, 2.24) is 10.2 Å². The first-order chi connectivity index (χ1) is 7.68. The summed E-state index contributed by atoms with van der Waals surface area (Å²) in [4.78, 5) is 23.3. The van der Waals surface area contributed by atoms with E-state index in [2.05, 4.69) is 5.32 Å². The summed E-state index contributed by atoms with van der Waals surface area (Å²) >= 11 is 0. The van der Waals surface area contributed by atoms with Gasteiger partial charge in [0.05, 0.1) is 0 Å². The van der Waals surface area contributed by atoms with E-state index in [-0.39, 0.29) is 12.5 Å². The van der Waals surface area contributed by atoms with Gasteiger partial charge in [-0.3, -0.25) is 9.69 Å². The maximum Gasteiger partial charge on any atom is 0.408 e. The second kappa shape index (κ2) is 4.22. The van der Waals surface area contributed by atoms with Crippen molar-refractivity contribution in [2.45, 2.75) is 12.6 Å². The highest BCUT2D eigenvalue weighted by atomic mass is 16.4. The monoisotopic (exact) mass is 220 g/mol. The molecule has 1 saturated heterocycles. The van der Waals surface area contributed by atoms with Crippen LogP contribution in [-0.4, -0.2) is 34.6 Å². The predicted molar refractivity (Wildman–Crippen MR) is 56.8 cm³/mol. The Morgan fingerprint density at radius 3 is 2.56 bits per heavy atom. The molecule has 1 aromatic rings. The number of nitrogens with zero attached hydrogens (tertiary/aromatic N) is 1. The molecule has 1 fully saturated rings. The summed E-state index contributed by atoms with van der Waals surface area (Å²) < 4.78 is 0. The average molecular weight is 220 g/mol. The van der Waals surface area contributed by atoms with Gasteiger partial charge in [0.15, 0.2) is 0 Å². The SMILES string of the molecule is O=C1NCC1N(Cc1ccccc1)C(=O)O. The van der Waals surface area contributed by atoms with Crippen molar-refractivity contribution in [3.63, 3.8) is 0 Å². The number of hydrogen-bond donors (Lipinski definition) is 2. The highest BCUT2D eigenvalue weighted by molar-refractivity contribution is 5.90. The third kappa shape index (κ3) is 1.98. The quantitative estimate of drug-likeness (QED) is 0.735. The van der Waals surface area contributed by atoms with Crippen LogP contribution in [-0.2, 0) is 11.3 Å². The molecule has 5 heteroatoms. The van der Waals surface area contributed by atoms with E-state index in [4.69, 9.17) is 5.11 Å². The number of hydrogen-bond acceptors (Lipinski definition) is 2. The Kier molecular flexibility index (Phi) is 2.76. The molecule has 1 heterocycles. The maximum atomic E-state index is 11.2. The fraction of sp³-hybridized carbons (Fsp3) is 0.273. The third-order valence-electron chi connectivity index (χ3n) is 2.59. The molecule has 5 nitrogen and oxygen atoms in total. The zero-order valence-corrected chi connectivity index (χ0v) is 8.59. The average Bonchev–Trinajstić information content (AvgIpc) is 2.27. The molecule has 1 unspecified atom stereocenters. The zero-order valence-electron chi connectivity index (χ0n) is 8.59. The van der Waals surface area contributed by atoms with E-state index in [0.717, 1.165) is 10.5 Å². The molecule has 2 amide bonds. The Balaban J connectivity index is 2.09. The van der Waals surface area contributed by atoms with Crippen molar-refractivity contribution in [2.24, 2.45) is 0 Å². The number of carboxylic acid groups (broad SMARTS) is 1. The minimum atomic E-state index is -1.07. The molecule has 84 valence electrons. The molecule has 1 aromatic carbocycles. The lowest BCUT2D eigenvalue weighted by atomic mass is 10.1. The van der Waals surface area contributed by atoms with E-state index in [1.54, 1.807) is 0 Å². The summed E-state index contributed by atoms with van der Waals surface area (Å²) in [6, 6.07) is 8.69. The number of benzene rings is 1. The third-order valence-corrected chi connectivity index (χ3v) is 2.59. The lowest BCUT2D eigenvalue weighted by Crippen LogP contribution is -2.62. The van der Waals surface area contributed by atoms with Crippen LogP contribution in [0.25, 0.3) is 0 Å². The van der Waals surface area contributed by atoms with Gasteiger partial charge in [0.25, 0.3) is 0 Å². The van der Waals surface area contributed by atoms with Gasteiger partial charge in [0, 0.05) is 13.1 Å². The fourth-order valence-electron chi connectivity index (χ4n) is 1.62. The van der Waals surface area contributed by atoms with Crippen LogP contribution in [0.3, 0.4) is 0 Å². The van der Waals surface area contributed by atoms with Crippen molar-refractivity contribution in [3.8, 4) is 0 Å². The maximum absolute atomic E-state index is 11.2. The van der Waals surface area contributed by atoms with Gasteiger partial charge in [-0.1, -0.05) is 30.3 Å². The van der Waals surface area contributed by atoms with E-state index < -0.39 is 12.1 Å². The van der Waals surface area contributed by atoms with Gasteiger partial charge in [0.1, 0.15) is 6.04 Å². The number of nitrogens with one attached hydrogen (secondary N) is 1. The van der Waals surface area contributed by atoms with Gasteiger partial charge >= 0.3 is 6.09 Å². The molecule has 2 rings (SSSR count). The van der Waals surface area contributed by atoms with Crippen molar-refractivity contribution in [1.29, 1.82) is 0 Å². The summed E-state index contributed by atoms with van der Waals surface area (Å²) in [6.45, 7) is 0.645. The van der Waals surface area contributed by atoms with Crippen LogP contribution in [0.5, 0.6) is 0 Å². The molecule has 1 aliphatic rings. The number of amides is 2. The van der Waals surface area contributed by atoms with Gasteiger partial charge < -0.3 is 10.4 Å². The Hall–Kier alpha value is -2.04. The molecule has 1 atom stereocenters. The Morgan fingerprint density at radius 2 is 2.12 bits per heavy atom. The molecule has 0 radical (unpaired) electrons. The minimum Gasteiger partial charge on any atom is -0.465 e. The van der Waals surface area contributed by atoms with Gasteiger partial charge in [-0.2, -0.15) is 0 Å². The molecular formula is C11H12N2O3. The first kappa shape index (κ1) is 10.5. The number of β-lactam (4-membered cyclic amide) rings is 1. The number of rotatable bonds is 3. The molecule has 0 bridgehead atoms. The first-order valence-corrected chi connectivity index (χ1v) is 4.99. The molecule has 0 saturated carbocycles. The zero-order chi connectivity index (χ0) is 11.5. The summed E-state index contributed by atoms with van der Waals surface area (Å²) in [5, 5.41) is 11.6. The van der Waals surface area contributed by atoms with Crippen LogP contribution >= 0.6 is 0 Å². The normalized spacial score (nSPS) is 18.5. The van der Waals surface area contributed by atoms with E-state index in [1.807, 2.05) is 30.3 Å². The van der Waals surface area contributed by atoms with Crippen molar-refractivity contribution in [3.05, 3.63) is 35.9 Å². The van der Waals surface area contributed by atoms with Gasteiger partial charge in [-0.15, -0.1) is 0 Å². The molecule has 0 aromatic heterocycles. The van der Waals surface area contributed by atoms with Crippen LogP contribution < -0.4 is 5.32 Å². The molecule has 1 aliphatic heterocycles. The summed E-state index contributed by atoms with van der Waals surface area (Å²) in [6.07, 6.45) is -1.07. The van der Waals surface area contributed by atoms with Crippen LogP contribution in [0, 0.1) is 0 Å². The van der Waals surface area contributed by atoms with E-state index in [1.165, 1.54) is 0 Å². The highest BCUT2D eigenvalue weighted by Crippen LogP contribution is 2.12. The topological polar surface area (TPSA) is 69.6 Å². The summed E-state index contributed by atoms with van der Waals surface area (Å²) in [7, 11) is 0. The van der Waals surface area contributed by atoms with Crippen LogP contribution in [0.2, 0.25) is 0 Å². The van der Waals surface area contributed by atoms with Gasteiger partial charge in [-0.25, -0.2) is 4.79 Å². The lowest BCUT2D eigenvalue weighted by Gasteiger charge is -2.34. The Morgan fingerprint density at radius 1 is 1.44 bits per heavy atom. The second-order valence-corrected chi connectivity index (χ2v) is 3.66. The van der Waals surface area contributed by atoms with Crippen molar-refractivity contribution < 1.29 is 14.7 Å². The smallest absolute Gasteiger partial charge is 0.408 e. The van der Waals surface area contributed by atoms with Crippen LogP contribution in [0.4, 0.5) is 4.79 Å². The van der Waals surface area contributed by atoms with Crippen molar-refractivity contribution in [2.75, 3.05) is 6.54 Å². The van der Waals surface area contributed by atoms with E-state index in [0.29, 0.717) is 6.54 Å². The minimum absolute atomic E-state index is 0.224. The Bertz CT molecular complexity index is 405. The summed E-state index contributed by atoms with van der Waals surface area (Å²) in [5.74, 6) is -0.224. The molecule has 2 N–H and O–H groups in total. The first-order valence-electron chi connectivity index (χ1n) is 4.99. The highest BCUT2D eigenvalue weighted by Gasteiger charge is 2.36. The predicted octanol–water partition coefficient (Wildman–Crippen LogP) is 0.665. The standard InChI is InChI=1S/C11H12N2O3/c14-10-9(6-12-10)13(11(15)16)7-8-4-2-1-3-5-8/h1-5,9H,6-7H2,(H,12,14)(H,15,16). The van der Waals surface area contributed by atoms with Gasteiger partial charge in [0.2, 0.25) is 5.91 Å². The molecule has 0 aliphatic carbocycles. The molecular weight excluding hydrogens is 208 g/mol. The van der Waals surface area contributed by atoms with E-state index >= 15 is 0 Å². The largest absolute Gasteiger partial charge is 0.465 e. The lowest BCUT2D eigenvalue weighted by molar-refractivity contribution is -0.132. The van der Waals surface area contributed by atoms with Crippen molar-refractivity contribution >= 4 is 12.0 Å². The number of carbonyl (C=O) groups excluding carboxylic acids is 1. The molecule has 0 spiro atoms.